The van der Waals surface area contributed by atoms with Gasteiger partial charge in [0.1, 0.15) is 11.9 Å². The summed E-state index contributed by atoms with van der Waals surface area (Å²) in [5, 5.41) is 17.5. The molecule has 0 aromatic heterocycles. The second kappa shape index (κ2) is 6.09. The van der Waals surface area contributed by atoms with Crippen LogP contribution in [0.1, 0.15) is 12.0 Å². The van der Waals surface area contributed by atoms with Crippen LogP contribution in [0.15, 0.2) is 23.1 Å². The Balaban J connectivity index is 3.10. The lowest BCUT2D eigenvalue weighted by molar-refractivity contribution is -0.139. The third-order valence-electron chi connectivity index (χ3n) is 2.45. The molecule has 1 aromatic carbocycles. The molecular weight excluding hydrogens is 277 g/mol. The van der Waals surface area contributed by atoms with Gasteiger partial charge >= 0.3 is 5.97 Å². The van der Waals surface area contributed by atoms with E-state index in [4.69, 9.17) is 10.2 Å². The third-order valence-corrected chi connectivity index (χ3v) is 4.07. The number of nitrogens with one attached hydrogen (secondary N) is 1. The standard InChI is InChI=1S/C11H14FNO5S/c1-7-2-3-8(12)6-10(7)19(17,18)13-9(4-5-14)11(15)16/h2-3,6,9,13-14H,4-5H2,1H3,(H,15,16). The molecule has 106 valence electrons. The predicted molar refractivity (Wildman–Crippen MR) is 64.6 cm³/mol. The molecule has 0 saturated carbocycles. The monoisotopic (exact) mass is 291 g/mol. The Morgan fingerprint density at radius 2 is 2.11 bits per heavy atom. The Bertz CT molecular complexity index is 572. The first-order valence-electron chi connectivity index (χ1n) is 5.40. The number of carboxylic acid groups (broad SMARTS) is 1. The lowest BCUT2D eigenvalue weighted by Gasteiger charge is -2.14. The molecule has 1 aromatic rings. The van der Waals surface area contributed by atoms with E-state index >= 15 is 0 Å². The number of halogens is 1. The number of sulfonamides is 1. The van der Waals surface area contributed by atoms with Crippen molar-refractivity contribution in [3.05, 3.63) is 29.6 Å². The topological polar surface area (TPSA) is 104 Å². The van der Waals surface area contributed by atoms with Crippen LogP contribution in [0.2, 0.25) is 0 Å². The first-order chi connectivity index (χ1) is 8.77. The number of aliphatic carboxylic acids is 1. The van der Waals surface area contributed by atoms with Crippen LogP contribution in [0.25, 0.3) is 0 Å². The highest BCUT2D eigenvalue weighted by Gasteiger charge is 2.26. The smallest absolute Gasteiger partial charge is 0.321 e. The number of aliphatic hydroxyl groups excluding tert-OH is 1. The van der Waals surface area contributed by atoms with E-state index in [-0.39, 0.29) is 11.3 Å². The quantitative estimate of drug-likeness (QED) is 0.697. The van der Waals surface area contributed by atoms with Gasteiger partial charge in [-0.25, -0.2) is 12.8 Å². The number of hydrogen-bond acceptors (Lipinski definition) is 4. The van der Waals surface area contributed by atoms with Crippen molar-refractivity contribution >= 4 is 16.0 Å². The molecule has 0 saturated heterocycles. The maximum absolute atomic E-state index is 13.1. The molecule has 0 amide bonds. The van der Waals surface area contributed by atoms with Crippen molar-refractivity contribution in [3.8, 4) is 0 Å². The highest BCUT2D eigenvalue weighted by atomic mass is 32.2. The summed E-state index contributed by atoms with van der Waals surface area (Å²) in [5.41, 5.74) is 0.294. The molecule has 0 bridgehead atoms. The van der Waals surface area contributed by atoms with E-state index < -0.39 is 34.5 Å². The van der Waals surface area contributed by atoms with Crippen LogP contribution in [-0.4, -0.2) is 37.2 Å². The van der Waals surface area contributed by atoms with Gasteiger partial charge < -0.3 is 10.2 Å². The maximum Gasteiger partial charge on any atom is 0.321 e. The molecule has 19 heavy (non-hydrogen) atoms. The molecule has 0 aliphatic carbocycles. The predicted octanol–water partition coefficient (Wildman–Crippen LogP) is 0.248. The minimum absolute atomic E-state index is 0.275. The summed E-state index contributed by atoms with van der Waals surface area (Å²) in [4.78, 5) is 10.5. The molecule has 0 heterocycles. The Morgan fingerprint density at radius 1 is 1.47 bits per heavy atom. The SMILES string of the molecule is Cc1ccc(F)cc1S(=O)(=O)NC(CCO)C(=O)O. The van der Waals surface area contributed by atoms with Gasteiger partial charge in [0.25, 0.3) is 0 Å². The zero-order valence-corrected chi connectivity index (χ0v) is 10.9. The number of carboxylic acids is 1. The van der Waals surface area contributed by atoms with E-state index in [2.05, 4.69) is 0 Å². The number of hydrogen-bond donors (Lipinski definition) is 3. The zero-order chi connectivity index (χ0) is 14.6. The summed E-state index contributed by atoms with van der Waals surface area (Å²) in [5.74, 6) is -2.15. The third kappa shape index (κ3) is 3.98. The number of rotatable bonds is 6. The summed E-state index contributed by atoms with van der Waals surface area (Å²) in [6.45, 7) is 0.984. The zero-order valence-electron chi connectivity index (χ0n) is 10.1. The normalized spacial score (nSPS) is 13.2. The van der Waals surface area contributed by atoms with E-state index in [0.29, 0.717) is 5.56 Å². The number of aliphatic hydroxyl groups is 1. The van der Waals surface area contributed by atoms with Crippen LogP contribution >= 0.6 is 0 Å². The van der Waals surface area contributed by atoms with Gasteiger partial charge in [0, 0.05) is 6.61 Å². The average Bonchev–Trinajstić information content (AvgIpc) is 2.31. The van der Waals surface area contributed by atoms with Gasteiger partial charge in [-0.05, 0) is 31.0 Å². The minimum Gasteiger partial charge on any atom is -0.480 e. The van der Waals surface area contributed by atoms with Crippen molar-refractivity contribution in [2.75, 3.05) is 6.61 Å². The van der Waals surface area contributed by atoms with Crippen molar-refractivity contribution in [1.82, 2.24) is 4.72 Å². The van der Waals surface area contributed by atoms with Crippen LogP contribution < -0.4 is 4.72 Å². The second-order valence-electron chi connectivity index (χ2n) is 3.93. The molecule has 0 aliphatic heterocycles. The summed E-state index contributed by atoms with van der Waals surface area (Å²) in [6.07, 6.45) is -0.275. The van der Waals surface area contributed by atoms with Crippen molar-refractivity contribution < 1.29 is 27.8 Å². The summed E-state index contributed by atoms with van der Waals surface area (Å²) in [6, 6.07) is 1.75. The van der Waals surface area contributed by atoms with Crippen LogP contribution in [0.4, 0.5) is 4.39 Å². The van der Waals surface area contributed by atoms with Gasteiger partial charge in [-0.3, -0.25) is 4.79 Å². The van der Waals surface area contributed by atoms with Crippen molar-refractivity contribution in [2.24, 2.45) is 0 Å². The fourth-order valence-corrected chi connectivity index (χ4v) is 2.96. The van der Waals surface area contributed by atoms with Gasteiger partial charge in [-0.2, -0.15) is 4.72 Å². The van der Waals surface area contributed by atoms with Crippen LogP contribution in [0.5, 0.6) is 0 Å². The number of aryl methyl sites for hydroxylation is 1. The van der Waals surface area contributed by atoms with E-state index in [1.807, 2.05) is 4.72 Å². The first kappa shape index (κ1) is 15.5. The molecule has 1 rings (SSSR count). The maximum atomic E-state index is 13.1. The molecule has 3 N–H and O–H groups in total. The molecule has 0 aliphatic rings. The Labute approximate surface area is 109 Å². The highest BCUT2D eigenvalue weighted by Crippen LogP contribution is 2.17. The van der Waals surface area contributed by atoms with Crippen LogP contribution in [-0.2, 0) is 14.8 Å². The molecular formula is C11H14FNO5S. The van der Waals surface area contributed by atoms with E-state index in [1.54, 1.807) is 0 Å². The van der Waals surface area contributed by atoms with Crippen LogP contribution in [0.3, 0.4) is 0 Å². The minimum atomic E-state index is -4.16. The fraction of sp³-hybridized carbons (Fsp3) is 0.364. The first-order valence-corrected chi connectivity index (χ1v) is 6.88. The molecule has 0 fully saturated rings. The molecule has 1 atom stereocenters. The molecule has 6 nitrogen and oxygen atoms in total. The largest absolute Gasteiger partial charge is 0.480 e. The lowest BCUT2D eigenvalue weighted by Crippen LogP contribution is -2.41. The average molecular weight is 291 g/mol. The molecule has 1 unspecified atom stereocenters. The summed E-state index contributed by atoms with van der Waals surface area (Å²) < 4.78 is 38.9. The van der Waals surface area contributed by atoms with Crippen molar-refractivity contribution in [3.63, 3.8) is 0 Å². The molecule has 8 heteroatoms. The lowest BCUT2D eigenvalue weighted by atomic mass is 10.2. The van der Waals surface area contributed by atoms with Crippen molar-refractivity contribution in [2.45, 2.75) is 24.3 Å². The highest BCUT2D eigenvalue weighted by molar-refractivity contribution is 7.89. The molecule has 0 radical (unpaired) electrons. The molecule has 0 spiro atoms. The number of carbonyl (C=O) groups is 1. The van der Waals surface area contributed by atoms with Gasteiger partial charge in [0.05, 0.1) is 4.90 Å². The van der Waals surface area contributed by atoms with Gasteiger partial charge in [-0.1, -0.05) is 6.07 Å². The number of benzene rings is 1. The Kier molecular flexibility index (Phi) is 4.98. The van der Waals surface area contributed by atoms with Gasteiger partial charge in [0.15, 0.2) is 0 Å². The Hall–Kier alpha value is -1.51. The van der Waals surface area contributed by atoms with Crippen LogP contribution in [0, 0.1) is 12.7 Å². The second-order valence-corrected chi connectivity index (χ2v) is 5.62. The van der Waals surface area contributed by atoms with Gasteiger partial charge in [-0.15, -0.1) is 0 Å². The van der Waals surface area contributed by atoms with E-state index in [0.717, 1.165) is 12.1 Å². The summed E-state index contributed by atoms with van der Waals surface area (Å²) >= 11 is 0. The Morgan fingerprint density at radius 3 is 2.63 bits per heavy atom. The fourth-order valence-electron chi connectivity index (χ4n) is 1.48. The summed E-state index contributed by atoms with van der Waals surface area (Å²) in [7, 11) is -4.16. The van der Waals surface area contributed by atoms with E-state index in [9.17, 15) is 17.6 Å². The van der Waals surface area contributed by atoms with Gasteiger partial charge in [0.2, 0.25) is 10.0 Å². The van der Waals surface area contributed by atoms with Crippen molar-refractivity contribution in [1.29, 1.82) is 0 Å². The van der Waals surface area contributed by atoms with E-state index in [1.165, 1.54) is 13.0 Å².